The SMILES string of the molecule is CCc1cc(C)cc(CC)c1C1=C(O)C2CCOCCN2C1=O.CCc1cc(C)cc(CC)c1CC(=O)N1CCOCCC1C(=O)OC. The molecule has 5 rings (SSSR count). The van der Waals surface area contributed by atoms with Gasteiger partial charge in [-0.3, -0.25) is 9.59 Å². The average molecular weight is 663 g/mol. The Kier molecular flexibility index (Phi) is 13.2. The van der Waals surface area contributed by atoms with Crippen LogP contribution in [-0.2, 0) is 60.7 Å². The van der Waals surface area contributed by atoms with E-state index in [1.165, 1.54) is 29.4 Å². The Balaban J connectivity index is 0.000000217. The number of amides is 2. The number of methoxy groups -OCH3 is 1. The highest BCUT2D eigenvalue weighted by Gasteiger charge is 2.41. The van der Waals surface area contributed by atoms with Crippen molar-refractivity contribution in [1.82, 2.24) is 9.80 Å². The molecule has 0 bridgehead atoms. The molecule has 0 saturated carbocycles. The molecule has 0 spiro atoms. The fraction of sp³-hybridized carbons (Fsp3) is 0.564. The lowest BCUT2D eigenvalue weighted by molar-refractivity contribution is -0.152. The molecule has 2 unspecified atom stereocenters. The Morgan fingerprint density at radius 1 is 0.812 bits per heavy atom. The first kappa shape index (κ1) is 37.1. The van der Waals surface area contributed by atoms with Gasteiger partial charge < -0.3 is 29.1 Å². The van der Waals surface area contributed by atoms with Gasteiger partial charge in [0.1, 0.15) is 11.8 Å². The molecule has 9 heteroatoms. The minimum Gasteiger partial charge on any atom is -0.509 e. The van der Waals surface area contributed by atoms with Gasteiger partial charge in [0.25, 0.3) is 5.91 Å². The molecule has 3 aliphatic heterocycles. The highest BCUT2D eigenvalue weighted by molar-refractivity contribution is 6.23. The summed E-state index contributed by atoms with van der Waals surface area (Å²) >= 11 is 0. The van der Waals surface area contributed by atoms with Gasteiger partial charge in [-0.25, -0.2) is 4.79 Å². The molecule has 2 amide bonds. The first-order chi connectivity index (χ1) is 23.1. The second-order valence-electron chi connectivity index (χ2n) is 12.8. The topological polar surface area (TPSA) is 106 Å². The zero-order chi connectivity index (χ0) is 35.0. The second kappa shape index (κ2) is 17.1. The molecule has 2 atom stereocenters. The smallest absolute Gasteiger partial charge is 0.328 e. The van der Waals surface area contributed by atoms with Gasteiger partial charge in [0.05, 0.1) is 38.4 Å². The van der Waals surface area contributed by atoms with Crippen LogP contribution in [0, 0.1) is 13.8 Å². The quantitative estimate of drug-likeness (QED) is 0.374. The van der Waals surface area contributed by atoms with Gasteiger partial charge in [0.15, 0.2) is 0 Å². The maximum atomic E-state index is 13.0. The highest BCUT2D eigenvalue weighted by atomic mass is 16.5. The Bertz CT molecular complexity index is 1460. The summed E-state index contributed by atoms with van der Waals surface area (Å²) in [6.07, 6.45) is 4.94. The summed E-state index contributed by atoms with van der Waals surface area (Å²) in [6.45, 7) is 15.6. The van der Waals surface area contributed by atoms with Crippen molar-refractivity contribution < 1.29 is 33.7 Å². The Labute approximate surface area is 286 Å². The summed E-state index contributed by atoms with van der Waals surface area (Å²) in [5.74, 6) is -0.219. The van der Waals surface area contributed by atoms with E-state index >= 15 is 0 Å². The van der Waals surface area contributed by atoms with Gasteiger partial charge in [0, 0.05) is 32.7 Å². The molecule has 2 aromatic rings. The van der Waals surface area contributed by atoms with Crippen LogP contribution in [-0.4, -0.2) is 91.4 Å². The molecule has 262 valence electrons. The van der Waals surface area contributed by atoms with E-state index in [2.05, 4.69) is 65.8 Å². The van der Waals surface area contributed by atoms with Gasteiger partial charge in [0.2, 0.25) is 5.91 Å². The van der Waals surface area contributed by atoms with E-state index in [9.17, 15) is 19.5 Å². The number of aliphatic hydroxyl groups is 1. The number of rotatable bonds is 8. The van der Waals surface area contributed by atoms with Crippen molar-refractivity contribution in [3.63, 3.8) is 0 Å². The van der Waals surface area contributed by atoms with Crippen LogP contribution in [0.15, 0.2) is 30.0 Å². The largest absolute Gasteiger partial charge is 0.509 e. The summed E-state index contributed by atoms with van der Waals surface area (Å²) in [7, 11) is 1.36. The molecular weight excluding hydrogens is 608 g/mol. The molecule has 0 radical (unpaired) electrons. The normalized spacial score (nSPS) is 19.7. The number of nitrogens with zero attached hydrogens (tertiary/aromatic N) is 2. The molecule has 9 nitrogen and oxygen atoms in total. The summed E-state index contributed by atoms with van der Waals surface area (Å²) in [5, 5.41) is 10.8. The van der Waals surface area contributed by atoms with E-state index in [4.69, 9.17) is 14.2 Å². The van der Waals surface area contributed by atoms with Crippen LogP contribution in [0.1, 0.15) is 85.0 Å². The van der Waals surface area contributed by atoms with Crippen LogP contribution in [0.4, 0.5) is 0 Å². The molecule has 0 aliphatic carbocycles. The minimum atomic E-state index is -0.555. The molecule has 2 aromatic carbocycles. The fourth-order valence-corrected chi connectivity index (χ4v) is 7.31. The van der Waals surface area contributed by atoms with Crippen LogP contribution in [0.5, 0.6) is 0 Å². The number of ether oxygens (including phenoxy) is 3. The maximum Gasteiger partial charge on any atom is 0.328 e. The summed E-state index contributed by atoms with van der Waals surface area (Å²) in [4.78, 5) is 41.5. The van der Waals surface area contributed by atoms with Crippen molar-refractivity contribution >= 4 is 23.4 Å². The third-order valence-electron chi connectivity index (χ3n) is 9.74. The van der Waals surface area contributed by atoms with E-state index in [0.717, 1.165) is 47.9 Å². The fourth-order valence-electron chi connectivity index (χ4n) is 7.31. The number of hydrogen-bond donors (Lipinski definition) is 1. The first-order valence-electron chi connectivity index (χ1n) is 17.6. The average Bonchev–Trinajstić information content (AvgIpc) is 3.38. The lowest BCUT2D eigenvalue weighted by atomic mass is 9.89. The predicted octanol–water partition coefficient (Wildman–Crippen LogP) is 5.47. The van der Waals surface area contributed by atoms with Crippen LogP contribution in [0.2, 0.25) is 0 Å². The first-order valence-corrected chi connectivity index (χ1v) is 17.6. The van der Waals surface area contributed by atoms with Crippen molar-refractivity contribution in [1.29, 1.82) is 0 Å². The van der Waals surface area contributed by atoms with Crippen molar-refractivity contribution in [2.45, 2.75) is 98.6 Å². The number of aliphatic hydroxyl groups excluding tert-OH is 1. The monoisotopic (exact) mass is 662 g/mol. The van der Waals surface area contributed by atoms with E-state index in [1.54, 1.807) is 9.80 Å². The third kappa shape index (κ3) is 8.12. The van der Waals surface area contributed by atoms with Gasteiger partial charge in [-0.15, -0.1) is 0 Å². The van der Waals surface area contributed by atoms with Crippen LogP contribution >= 0.6 is 0 Å². The molecule has 3 aliphatic rings. The maximum absolute atomic E-state index is 13.0. The van der Waals surface area contributed by atoms with E-state index in [0.29, 0.717) is 64.4 Å². The zero-order valence-corrected chi connectivity index (χ0v) is 29.9. The van der Waals surface area contributed by atoms with E-state index < -0.39 is 6.04 Å². The summed E-state index contributed by atoms with van der Waals surface area (Å²) in [5.41, 5.74) is 9.72. The Morgan fingerprint density at radius 2 is 1.33 bits per heavy atom. The van der Waals surface area contributed by atoms with E-state index in [1.807, 2.05) is 0 Å². The number of hydrogen-bond acceptors (Lipinski definition) is 7. The zero-order valence-electron chi connectivity index (χ0n) is 29.9. The molecule has 2 saturated heterocycles. The number of fused-ring (bicyclic) bond motifs is 1. The van der Waals surface area contributed by atoms with E-state index in [-0.39, 0.29) is 29.6 Å². The lowest BCUT2D eigenvalue weighted by Gasteiger charge is -2.28. The molecule has 1 N–H and O–H groups in total. The molecule has 0 aromatic heterocycles. The van der Waals surface area contributed by atoms with Crippen molar-refractivity contribution in [2.75, 3.05) is 46.6 Å². The number of benzene rings is 2. The molecule has 3 heterocycles. The van der Waals surface area contributed by atoms with Crippen LogP contribution in [0.25, 0.3) is 5.57 Å². The molecule has 2 fully saturated rings. The van der Waals surface area contributed by atoms with Crippen LogP contribution < -0.4 is 0 Å². The van der Waals surface area contributed by atoms with Crippen molar-refractivity contribution in [3.05, 3.63) is 74.5 Å². The second-order valence-corrected chi connectivity index (χ2v) is 12.8. The van der Waals surface area contributed by atoms with Gasteiger partial charge in [-0.1, -0.05) is 63.1 Å². The summed E-state index contributed by atoms with van der Waals surface area (Å²) < 4.78 is 15.8. The Hall–Kier alpha value is -3.69. The minimum absolute atomic E-state index is 0.0332. The van der Waals surface area contributed by atoms with Crippen molar-refractivity contribution in [3.8, 4) is 0 Å². The van der Waals surface area contributed by atoms with Gasteiger partial charge in [-0.2, -0.15) is 0 Å². The lowest BCUT2D eigenvalue weighted by Crippen LogP contribution is -2.46. The predicted molar refractivity (Wildman–Crippen MR) is 187 cm³/mol. The third-order valence-corrected chi connectivity index (χ3v) is 9.74. The number of carbonyl (C=O) groups excluding carboxylic acids is 3. The number of aryl methyl sites for hydroxylation is 6. The van der Waals surface area contributed by atoms with Crippen molar-refractivity contribution in [2.24, 2.45) is 0 Å². The molecular formula is C39H54N2O7. The van der Waals surface area contributed by atoms with Crippen LogP contribution in [0.3, 0.4) is 0 Å². The van der Waals surface area contributed by atoms with Gasteiger partial charge >= 0.3 is 5.97 Å². The number of esters is 1. The highest BCUT2D eigenvalue weighted by Crippen LogP contribution is 2.38. The number of carbonyl (C=O) groups is 3. The standard InChI is InChI=1S/C20H29NO4.C19H25NO3/c1-5-15-11-14(3)12-16(6-2)17(15)13-19(22)21-8-10-25-9-7-18(21)20(23)24-4;1-4-13-10-12(3)11-14(5-2)16(13)17-18(21)15-6-8-23-9-7-20(15)19(17)22/h11-12,18H,5-10,13H2,1-4H3;10-11,15,21H,4-9H2,1-3H3. The summed E-state index contributed by atoms with van der Waals surface area (Å²) in [6, 6.07) is 7.80. The molecule has 48 heavy (non-hydrogen) atoms. The Morgan fingerprint density at radius 3 is 1.88 bits per heavy atom. The van der Waals surface area contributed by atoms with Gasteiger partial charge in [-0.05, 0) is 79.3 Å².